The van der Waals surface area contributed by atoms with Gasteiger partial charge in [0.25, 0.3) is 6.43 Å². The van der Waals surface area contributed by atoms with E-state index in [1.54, 1.807) is 48.5 Å². The van der Waals surface area contributed by atoms with E-state index in [9.17, 15) is 13.9 Å². The Kier molecular flexibility index (Phi) is 8.44. The monoisotopic (exact) mass is 510 g/mol. The molecule has 0 aliphatic carbocycles. The van der Waals surface area contributed by atoms with E-state index in [-0.39, 0.29) is 18.3 Å². The van der Waals surface area contributed by atoms with Crippen molar-refractivity contribution >= 4 is 23.4 Å². The van der Waals surface area contributed by atoms with E-state index in [2.05, 4.69) is 31.9 Å². The van der Waals surface area contributed by atoms with Gasteiger partial charge in [0.1, 0.15) is 11.6 Å². The number of nitrogens with two attached hydrogens (primary N) is 1. The van der Waals surface area contributed by atoms with Crippen LogP contribution >= 0.6 is 0 Å². The fourth-order valence-electron chi connectivity index (χ4n) is 4.36. The Hall–Kier alpha value is -3.86. The van der Waals surface area contributed by atoms with Gasteiger partial charge in [-0.2, -0.15) is 0 Å². The van der Waals surface area contributed by atoms with Crippen LogP contribution in [0.25, 0.3) is 17.3 Å². The highest BCUT2D eigenvalue weighted by molar-refractivity contribution is 5.74. The zero-order chi connectivity index (χ0) is 26.4. The highest BCUT2D eigenvalue weighted by Crippen LogP contribution is 2.32. The minimum absolute atomic E-state index is 0.137. The van der Waals surface area contributed by atoms with Crippen molar-refractivity contribution in [3.05, 3.63) is 54.5 Å². The highest BCUT2D eigenvalue weighted by Gasteiger charge is 2.24. The van der Waals surface area contributed by atoms with E-state index < -0.39 is 6.43 Å². The molecular formula is C26H32F2N8O. The Bertz CT molecular complexity index is 1220. The molecule has 0 amide bonds. The van der Waals surface area contributed by atoms with Crippen LogP contribution in [0.2, 0.25) is 0 Å². The van der Waals surface area contributed by atoms with Crippen molar-refractivity contribution in [3.63, 3.8) is 0 Å². The molecule has 1 aliphatic rings. The average Bonchev–Trinajstić information content (AvgIpc) is 3.06. The predicted octanol–water partition coefficient (Wildman–Crippen LogP) is 3.54. The number of rotatable bonds is 8. The summed E-state index contributed by atoms with van der Waals surface area (Å²) in [6, 6.07) is 11.0. The van der Waals surface area contributed by atoms with Gasteiger partial charge in [0.15, 0.2) is 11.6 Å². The molecular weight excluding hydrogens is 478 g/mol. The van der Waals surface area contributed by atoms with Crippen LogP contribution < -0.4 is 15.5 Å². The Morgan fingerprint density at radius 3 is 2.78 bits per heavy atom. The fraction of sp³-hybridized carbons (Fsp3) is 0.385. The second-order valence-electron chi connectivity index (χ2n) is 9.12. The van der Waals surface area contributed by atoms with Gasteiger partial charge in [0.2, 0.25) is 0 Å². The lowest BCUT2D eigenvalue weighted by Gasteiger charge is -2.28. The van der Waals surface area contributed by atoms with Crippen LogP contribution in [-0.4, -0.2) is 82.4 Å². The van der Waals surface area contributed by atoms with Crippen molar-refractivity contribution in [2.24, 2.45) is 0 Å². The first-order valence-electron chi connectivity index (χ1n) is 12.2. The molecule has 1 aliphatic heterocycles. The van der Waals surface area contributed by atoms with Gasteiger partial charge in [0, 0.05) is 44.0 Å². The summed E-state index contributed by atoms with van der Waals surface area (Å²) in [6.07, 6.45) is 3.75. The smallest absolute Gasteiger partial charge is 0.251 e. The number of hydrogen-bond donors (Lipinski definition) is 2. The van der Waals surface area contributed by atoms with E-state index in [0.717, 1.165) is 24.5 Å². The third kappa shape index (κ3) is 6.67. The molecule has 0 unspecified atom stereocenters. The molecule has 196 valence electrons. The topological polar surface area (TPSA) is 108 Å². The molecule has 37 heavy (non-hydrogen) atoms. The normalized spacial score (nSPS) is 16.6. The minimum Gasteiger partial charge on any atom is -0.507 e. The predicted molar refractivity (Wildman–Crippen MR) is 142 cm³/mol. The number of hydrogen-bond acceptors (Lipinski definition) is 9. The van der Waals surface area contributed by atoms with Crippen LogP contribution in [0.15, 0.2) is 48.7 Å². The Labute approximate surface area is 215 Å². The summed E-state index contributed by atoms with van der Waals surface area (Å²) in [6.45, 7) is 4.42. The van der Waals surface area contributed by atoms with Gasteiger partial charge in [-0.3, -0.25) is 4.90 Å². The highest BCUT2D eigenvalue weighted by atomic mass is 19.3. The quantitative estimate of drug-likeness (QED) is 0.470. The summed E-state index contributed by atoms with van der Waals surface area (Å²) in [5.74, 6) is 1.82. The number of aromatic nitrogens is 4. The van der Waals surface area contributed by atoms with Crippen molar-refractivity contribution in [3.8, 4) is 17.0 Å². The van der Waals surface area contributed by atoms with Crippen LogP contribution in [0, 0.1) is 0 Å². The molecule has 11 heteroatoms. The second kappa shape index (κ2) is 11.9. The summed E-state index contributed by atoms with van der Waals surface area (Å²) in [5, 5.41) is 18.6. The molecule has 4 rings (SSSR count). The Morgan fingerprint density at radius 2 is 2.00 bits per heavy atom. The lowest BCUT2D eigenvalue weighted by Crippen LogP contribution is -2.35. The zero-order valence-electron chi connectivity index (χ0n) is 21.0. The number of phenols is 1. The van der Waals surface area contributed by atoms with Crippen molar-refractivity contribution < 1.29 is 13.9 Å². The fourth-order valence-corrected chi connectivity index (χ4v) is 4.36. The molecule has 2 aromatic heterocycles. The molecule has 0 saturated carbocycles. The van der Waals surface area contributed by atoms with E-state index in [0.29, 0.717) is 42.5 Å². The van der Waals surface area contributed by atoms with Crippen molar-refractivity contribution in [2.75, 3.05) is 55.3 Å². The van der Waals surface area contributed by atoms with Crippen LogP contribution in [0.3, 0.4) is 0 Å². The van der Waals surface area contributed by atoms with E-state index in [1.165, 1.54) is 0 Å². The van der Waals surface area contributed by atoms with Crippen LogP contribution in [0.4, 0.5) is 26.1 Å². The van der Waals surface area contributed by atoms with Crippen molar-refractivity contribution in [2.45, 2.75) is 25.8 Å². The van der Waals surface area contributed by atoms with Gasteiger partial charge in [-0.05, 0) is 50.7 Å². The number of anilines is 3. The average molecular weight is 511 g/mol. The van der Waals surface area contributed by atoms with E-state index in [1.807, 2.05) is 18.2 Å². The molecule has 0 spiro atoms. The summed E-state index contributed by atoms with van der Waals surface area (Å²) >= 11 is 0. The second-order valence-corrected chi connectivity index (χ2v) is 9.12. The Morgan fingerprint density at radius 1 is 1.19 bits per heavy atom. The van der Waals surface area contributed by atoms with Crippen LogP contribution in [0.5, 0.6) is 5.75 Å². The molecule has 1 saturated heterocycles. The molecule has 3 heterocycles. The van der Waals surface area contributed by atoms with Crippen molar-refractivity contribution in [1.82, 2.24) is 25.1 Å². The van der Waals surface area contributed by atoms with Gasteiger partial charge >= 0.3 is 0 Å². The maximum Gasteiger partial charge on any atom is 0.251 e. The molecule has 0 radical (unpaired) electrons. The van der Waals surface area contributed by atoms with Crippen LogP contribution in [-0.2, 0) is 0 Å². The van der Waals surface area contributed by atoms with Gasteiger partial charge < -0.3 is 20.6 Å². The SMILES string of the molecule is C[C@H]1CCN(c2cc(-c3ccccc3O)nnc2N)CCN1c1ccnc(/C=C/CN(C)CC(F)F)n1. The molecule has 3 aromatic rings. The number of aromatic hydroxyl groups is 1. The third-order valence-electron chi connectivity index (χ3n) is 6.37. The molecule has 1 fully saturated rings. The molecule has 1 atom stereocenters. The number of para-hydroxylation sites is 1. The molecule has 3 N–H and O–H groups in total. The van der Waals surface area contributed by atoms with Gasteiger partial charge in [-0.25, -0.2) is 18.7 Å². The van der Waals surface area contributed by atoms with E-state index >= 15 is 0 Å². The standard InChI is InChI=1S/C26H32F2N8O/c1-18-10-13-35(21-16-20(32-33-26(21)29)19-6-3-4-7-22(19)37)14-15-36(18)25-9-11-30-24(31-25)8-5-12-34(2)17-23(27)28/h3-9,11,16,18,23,37H,10,12-15,17H2,1-2H3,(H2,29,33)/b8-5+/t18-/m0/s1. The summed E-state index contributed by atoms with van der Waals surface area (Å²) in [4.78, 5) is 15.0. The van der Waals surface area contributed by atoms with Crippen molar-refractivity contribution in [1.29, 1.82) is 0 Å². The molecule has 0 bridgehead atoms. The lowest BCUT2D eigenvalue weighted by molar-refractivity contribution is 0.105. The molecule has 1 aromatic carbocycles. The number of benzene rings is 1. The number of halogens is 2. The molecule has 9 nitrogen and oxygen atoms in total. The third-order valence-corrected chi connectivity index (χ3v) is 6.37. The van der Waals surface area contributed by atoms with Gasteiger partial charge in [0.05, 0.1) is 17.9 Å². The van der Waals surface area contributed by atoms with Crippen LogP contribution in [0.1, 0.15) is 19.2 Å². The Balaban J connectivity index is 1.48. The van der Waals surface area contributed by atoms with Gasteiger partial charge in [-0.1, -0.05) is 18.2 Å². The van der Waals surface area contributed by atoms with E-state index in [4.69, 9.17) is 10.7 Å². The maximum absolute atomic E-state index is 12.5. The first-order valence-corrected chi connectivity index (χ1v) is 12.2. The maximum atomic E-state index is 12.5. The lowest BCUT2D eigenvalue weighted by atomic mass is 10.1. The first kappa shape index (κ1) is 26.2. The summed E-state index contributed by atoms with van der Waals surface area (Å²) in [7, 11) is 1.65. The zero-order valence-corrected chi connectivity index (χ0v) is 21.0. The number of nitrogens with zero attached hydrogens (tertiary/aromatic N) is 7. The summed E-state index contributed by atoms with van der Waals surface area (Å²) in [5.41, 5.74) is 8.15. The number of likely N-dealkylation sites (N-methyl/N-ethyl adjacent to an activating group) is 1. The number of nitrogen functional groups attached to an aromatic ring is 1. The number of phenolic OH excluding ortho intramolecular Hbond substituents is 1. The largest absolute Gasteiger partial charge is 0.507 e. The minimum atomic E-state index is -2.36. The first-order chi connectivity index (χ1) is 17.8. The number of alkyl halides is 2. The summed E-state index contributed by atoms with van der Waals surface area (Å²) < 4.78 is 25.0. The van der Waals surface area contributed by atoms with Gasteiger partial charge in [-0.15, -0.1) is 10.2 Å².